The van der Waals surface area contributed by atoms with Crippen LogP contribution in [0.25, 0.3) is 21.8 Å². The summed E-state index contributed by atoms with van der Waals surface area (Å²) < 4.78 is 7.79. The van der Waals surface area contributed by atoms with Gasteiger partial charge < -0.3 is 19.9 Å². The molecule has 0 bridgehead atoms. The Labute approximate surface area is 229 Å². The molecule has 6 heteroatoms. The number of anilines is 1. The van der Waals surface area contributed by atoms with Gasteiger partial charge in [0, 0.05) is 39.1 Å². The molecule has 2 N–H and O–H groups in total. The zero-order valence-corrected chi connectivity index (χ0v) is 22.2. The Balaban J connectivity index is 0.00000294. The molecule has 0 spiro atoms. The Morgan fingerprint density at radius 3 is 2.11 bits per heavy atom. The fraction of sp³-hybridized carbons (Fsp3) is 0.219. The first-order valence-corrected chi connectivity index (χ1v) is 13.0. The van der Waals surface area contributed by atoms with Crippen molar-refractivity contribution >= 4 is 45.8 Å². The average Bonchev–Trinajstić information content (AvgIpc) is 3.29. The number of benzene rings is 4. The standard InChI is InChI=1S/C32H31N3O2.ClH/c1-37-24-18-16-22(17-19-24)32(36)34-23(9-8-20-33)21-31(27-12-4-7-15-30(27)34)35-28-13-5-2-10-25(28)26-11-3-6-14-29(26)35;/h2-7,10-19,23,31H,8-9,20-21,33H2,1H3;1H. The molecule has 5 nitrogen and oxygen atoms in total. The molecule has 194 valence electrons. The molecular weight excluding hydrogens is 494 g/mol. The Morgan fingerprint density at radius 2 is 1.47 bits per heavy atom. The highest BCUT2D eigenvalue weighted by molar-refractivity contribution is 6.09. The lowest BCUT2D eigenvalue weighted by atomic mass is 9.87. The van der Waals surface area contributed by atoms with Crippen LogP contribution in [-0.4, -0.2) is 30.2 Å². The Bertz CT molecular complexity index is 1520. The SMILES string of the molecule is COc1ccc(C(=O)N2c3ccccc3C(n3c4ccccc4c4ccccc43)CC2CCCN)cc1.Cl. The lowest BCUT2D eigenvalue weighted by Gasteiger charge is -2.42. The van der Waals surface area contributed by atoms with Gasteiger partial charge in [-0.05, 0) is 73.8 Å². The highest BCUT2D eigenvalue weighted by Crippen LogP contribution is 2.44. The Hall–Kier alpha value is -3.80. The topological polar surface area (TPSA) is 60.5 Å². The lowest BCUT2D eigenvalue weighted by molar-refractivity contribution is 0.0968. The van der Waals surface area contributed by atoms with Crippen LogP contribution in [0.1, 0.15) is 41.2 Å². The van der Waals surface area contributed by atoms with Crippen molar-refractivity contribution in [2.45, 2.75) is 31.3 Å². The van der Waals surface area contributed by atoms with Crippen LogP contribution in [-0.2, 0) is 0 Å². The summed E-state index contributed by atoms with van der Waals surface area (Å²) in [6.07, 6.45) is 2.53. The molecule has 5 aromatic rings. The summed E-state index contributed by atoms with van der Waals surface area (Å²) in [5, 5.41) is 2.51. The van der Waals surface area contributed by atoms with Crippen molar-refractivity contribution in [3.05, 3.63) is 108 Å². The zero-order chi connectivity index (χ0) is 25.4. The number of carbonyl (C=O) groups excluding carboxylic acids is 1. The number of carbonyl (C=O) groups is 1. The predicted octanol–water partition coefficient (Wildman–Crippen LogP) is 6.97. The summed E-state index contributed by atoms with van der Waals surface area (Å²) >= 11 is 0. The van der Waals surface area contributed by atoms with E-state index in [2.05, 4.69) is 71.3 Å². The molecule has 0 radical (unpaired) electrons. The monoisotopic (exact) mass is 525 g/mol. The van der Waals surface area contributed by atoms with Gasteiger partial charge in [0.15, 0.2) is 0 Å². The second kappa shape index (κ2) is 10.9. The van der Waals surface area contributed by atoms with Crippen molar-refractivity contribution in [3.8, 4) is 5.75 Å². The Kier molecular flexibility index (Phi) is 7.41. The van der Waals surface area contributed by atoms with Gasteiger partial charge in [0.25, 0.3) is 5.91 Å². The van der Waals surface area contributed by atoms with Crippen molar-refractivity contribution in [3.63, 3.8) is 0 Å². The van der Waals surface area contributed by atoms with Crippen LogP contribution in [0.2, 0.25) is 0 Å². The maximum Gasteiger partial charge on any atom is 0.258 e. The molecule has 0 aliphatic carbocycles. The molecule has 38 heavy (non-hydrogen) atoms. The molecule has 6 rings (SSSR count). The number of para-hydroxylation sites is 3. The first kappa shape index (κ1) is 25.8. The average molecular weight is 526 g/mol. The van der Waals surface area contributed by atoms with Gasteiger partial charge in [-0.25, -0.2) is 0 Å². The summed E-state index contributed by atoms with van der Waals surface area (Å²) in [7, 11) is 1.63. The van der Waals surface area contributed by atoms with Crippen LogP contribution < -0.4 is 15.4 Å². The summed E-state index contributed by atoms with van der Waals surface area (Å²) in [4.78, 5) is 16.0. The molecule has 0 saturated carbocycles. The van der Waals surface area contributed by atoms with Gasteiger partial charge in [-0.1, -0.05) is 54.6 Å². The number of methoxy groups -OCH3 is 1. The number of aromatic nitrogens is 1. The second-order valence-corrected chi connectivity index (χ2v) is 9.70. The number of nitrogens with zero attached hydrogens (tertiary/aromatic N) is 2. The highest BCUT2D eigenvalue weighted by atomic mass is 35.5. The lowest BCUT2D eigenvalue weighted by Crippen LogP contribution is -2.46. The first-order valence-electron chi connectivity index (χ1n) is 13.0. The van der Waals surface area contributed by atoms with Crippen molar-refractivity contribution in [1.29, 1.82) is 0 Å². The van der Waals surface area contributed by atoms with Crippen LogP contribution in [0, 0.1) is 0 Å². The van der Waals surface area contributed by atoms with E-state index in [1.54, 1.807) is 7.11 Å². The van der Waals surface area contributed by atoms with E-state index in [9.17, 15) is 4.79 Å². The fourth-order valence-corrected chi connectivity index (χ4v) is 5.96. The second-order valence-electron chi connectivity index (χ2n) is 9.70. The number of nitrogens with two attached hydrogens (primary N) is 1. The van der Waals surface area contributed by atoms with E-state index < -0.39 is 0 Å². The van der Waals surface area contributed by atoms with Gasteiger partial charge in [-0.15, -0.1) is 12.4 Å². The smallest absolute Gasteiger partial charge is 0.258 e. The van der Waals surface area contributed by atoms with E-state index in [1.165, 1.54) is 27.4 Å². The number of rotatable bonds is 6. The maximum absolute atomic E-state index is 14.0. The molecule has 2 unspecified atom stereocenters. The van der Waals surface area contributed by atoms with Gasteiger partial charge in [-0.3, -0.25) is 4.79 Å². The minimum absolute atomic E-state index is 0. The molecule has 0 saturated heterocycles. The van der Waals surface area contributed by atoms with E-state index >= 15 is 0 Å². The summed E-state index contributed by atoms with van der Waals surface area (Å²) in [6.45, 7) is 0.600. The van der Waals surface area contributed by atoms with Crippen molar-refractivity contribution < 1.29 is 9.53 Å². The third kappa shape index (κ3) is 4.32. The number of hydrogen-bond acceptors (Lipinski definition) is 3. The van der Waals surface area contributed by atoms with Gasteiger partial charge in [0.1, 0.15) is 5.75 Å². The summed E-state index contributed by atoms with van der Waals surface area (Å²) in [5.74, 6) is 0.750. The van der Waals surface area contributed by atoms with Crippen LogP contribution in [0.15, 0.2) is 97.1 Å². The normalized spacial score (nSPS) is 16.7. The molecular formula is C32H32ClN3O2. The molecule has 0 fully saturated rings. The van der Waals surface area contributed by atoms with Crippen molar-refractivity contribution in [1.82, 2.24) is 4.57 Å². The molecule has 1 aromatic heterocycles. The predicted molar refractivity (Wildman–Crippen MR) is 158 cm³/mol. The van der Waals surface area contributed by atoms with Crippen molar-refractivity contribution in [2.75, 3.05) is 18.6 Å². The van der Waals surface area contributed by atoms with Crippen LogP contribution in [0.5, 0.6) is 5.75 Å². The van der Waals surface area contributed by atoms with Gasteiger partial charge >= 0.3 is 0 Å². The molecule has 4 aromatic carbocycles. The number of fused-ring (bicyclic) bond motifs is 4. The van der Waals surface area contributed by atoms with E-state index in [1.807, 2.05) is 35.2 Å². The molecule has 1 aliphatic heterocycles. The van der Waals surface area contributed by atoms with Crippen LogP contribution in [0.3, 0.4) is 0 Å². The van der Waals surface area contributed by atoms with E-state index in [-0.39, 0.29) is 30.4 Å². The zero-order valence-electron chi connectivity index (χ0n) is 21.4. The van der Waals surface area contributed by atoms with Crippen LogP contribution >= 0.6 is 12.4 Å². The fourth-order valence-electron chi connectivity index (χ4n) is 5.96. The van der Waals surface area contributed by atoms with E-state index in [0.29, 0.717) is 12.1 Å². The third-order valence-electron chi connectivity index (χ3n) is 7.64. The third-order valence-corrected chi connectivity index (χ3v) is 7.64. The largest absolute Gasteiger partial charge is 0.497 e. The van der Waals surface area contributed by atoms with Gasteiger partial charge in [0.2, 0.25) is 0 Å². The first-order chi connectivity index (χ1) is 18.2. The number of ether oxygens (including phenoxy) is 1. The Morgan fingerprint density at radius 1 is 0.868 bits per heavy atom. The van der Waals surface area contributed by atoms with Crippen LogP contribution in [0.4, 0.5) is 5.69 Å². The summed E-state index contributed by atoms with van der Waals surface area (Å²) in [6, 6.07) is 33.1. The van der Waals surface area contributed by atoms with Gasteiger partial charge in [-0.2, -0.15) is 0 Å². The highest BCUT2D eigenvalue weighted by Gasteiger charge is 2.37. The quantitative estimate of drug-likeness (QED) is 0.260. The maximum atomic E-state index is 14.0. The molecule has 2 heterocycles. The van der Waals surface area contributed by atoms with Gasteiger partial charge in [0.05, 0.1) is 13.2 Å². The molecule has 2 atom stereocenters. The minimum Gasteiger partial charge on any atom is -0.497 e. The number of hydrogen-bond donors (Lipinski definition) is 1. The van der Waals surface area contributed by atoms with E-state index in [4.69, 9.17) is 10.5 Å². The summed E-state index contributed by atoms with van der Waals surface area (Å²) in [5.41, 5.74) is 11.2. The van der Waals surface area contributed by atoms with Crippen molar-refractivity contribution in [2.24, 2.45) is 5.73 Å². The minimum atomic E-state index is 0. The molecule has 1 aliphatic rings. The number of amides is 1. The number of halogens is 1. The van der Waals surface area contributed by atoms with E-state index in [0.717, 1.165) is 30.7 Å². The molecule has 1 amide bonds.